The van der Waals surface area contributed by atoms with Crippen LogP contribution in [0.2, 0.25) is 0 Å². The second kappa shape index (κ2) is 3.71. The highest BCUT2D eigenvalue weighted by Gasteiger charge is 2.25. The molecular formula is C9H12N4O. The van der Waals surface area contributed by atoms with Crippen molar-refractivity contribution >= 4 is 5.91 Å². The molecular weight excluding hydrogens is 180 g/mol. The van der Waals surface area contributed by atoms with Crippen LogP contribution in [0, 0.1) is 0 Å². The number of carbonyl (C=O) groups is 1. The van der Waals surface area contributed by atoms with Gasteiger partial charge in [0.15, 0.2) is 0 Å². The van der Waals surface area contributed by atoms with Crippen molar-refractivity contribution in [3.05, 3.63) is 24.3 Å². The van der Waals surface area contributed by atoms with Crippen LogP contribution in [-0.4, -0.2) is 47.0 Å². The number of nitrogens with zero attached hydrogens (tertiary/aromatic N) is 3. The molecule has 0 atom stereocenters. The minimum absolute atomic E-state index is 0.120. The van der Waals surface area contributed by atoms with E-state index >= 15 is 0 Å². The van der Waals surface area contributed by atoms with E-state index in [9.17, 15) is 4.79 Å². The third kappa shape index (κ3) is 1.88. The highest BCUT2D eigenvalue weighted by molar-refractivity contribution is 5.92. The van der Waals surface area contributed by atoms with E-state index in [1.807, 2.05) is 7.05 Å². The van der Waals surface area contributed by atoms with Gasteiger partial charge >= 0.3 is 0 Å². The topological polar surface area (TPSA) is 58.1 Å². The summed E-state index contributed by atoms with van der Waals surface area (Å²) in [6.07, 6.45) is 2.94. The number of aromatic nitrogens is 2. The van der Waals surface area contributed by atoms with Gasteiger partial charge in [0.05, 0.1) is 6.04 Å². The first-order valence-corrected chi connectivity index (χ1v) is 4.51. The van der Waals surface area contributed by atoms with E-state index in [2.05, 4.69) is 20.2 Å². The molecule has 1 N–H and O–H groups in total. The molecule has 2 rings (SSSR count). The van der Waals surface area contributed by atoms with Crippen LogP contribution < -0.4 is 5.32 Å². The highest BCUT2D eigenvalue weighted by atomic mass is 16.2. The standard InChI is InChI=1S/C9H12N4O/c1-13-4-7(5-13)12-9(14)8-2-3-10-6-11-8/h2-3,6-7H,4-5H2,1H3,(H,12,14). The fourth-order valence-electron chi connectivity index (χ4n) is 1.47. The van der Waals surface area contributed by atoms with Gasteiger partial charge in [0, 0.05) is 19.3 Å². The molecule has 14 heavy (non-hydrogen) atoms. The predicted molar refractivity (Wildman–Crippen MR) is 50.8 cm³/mol. The fourth-order valence-corrected chi connectivity index (χ4v) is 1.47. The van der Waals surface area contributed by atoms with Crippen molar-refractivity contribution < 1.29 is 4.79 Å². The minimum atomic E-state index is -0.120. The molecule has 0 saturated carbocycles. The zero-order valence-corrected chi connectivity index (χ0v) is 7.97. The first kappa shape index (κ1) is 9.08. The molecule has 74 valence electrons. The Labute approximate surface area is 82.2 Å². The third-order valence-electron chi connectivity index (χ3n) is 2.21. The SMILES string of the molecule is CN1CC(NC(=O)c2ccncn2)C1. The van der Waals surface area contributed by atoms with Crippen molar-refractivity contribution in [3.8, 4) is 0 Å². The number of likely N-dealkylation sites (tertiary alicyclic amines) is 1. The average molecular weight is 192 g/mol. The molecule has 2 heterocycles. The summed E-state index contributed by atoms with van der Waals surface area (Å²) in [7, 11) is 2.02. The van der Waals surface area contributed by atoms with Crippen molar-refractivity contribution in [2.75, 3.05) is 20.1 Å². The zero-order valence-electron chi connectivity index (χ0n) is 7.97. The van der Waals surface area contributed by atoms with Crippen LogP contribution in [0.25, 0.3) is 0 Å². The van der Waals surface area contributed by atoms with Gasteiger partial charge in [-0.3, -0.25) is 4.79 Å². The molecule has 1 aromatic rings. The number of hydrogen-bond donors (Lipinski definition) is 1. The Morgan fingerprint density at radius 1 is 1.64 bits per heavy atom. The van der Waals surface area contributed by atoms with Crippen LogP contribution in [0.3, 0.4) is 0 Å². The molecule has 0 unspecified atom stereocenters. The average Bonchev–Trinajstić information content (AvgIpc) is 2.17. The summed E-state index contributed by atoms with van der Waals surface area (Å²) in [6.45, 7) is 1.83. The van der Waals surface area contributed by atoms with E-state index in [4.69, 9.17) is 0 Å². The Bertz CT molecular complexity index is 321. The molecule has 1 amide bonds. The van der Waals surface area contributed by atoms with Gasteiger partial charge in [-0.2, -0.15) is 0 Å². The maximum atomic E-state index is 11.5. The van der Waals surface area contributed by atoms with Gasteiger partial charge in [-0.1, -0.05) is 0 Å². The molecule has 0 radical (unpaired) electrons. The highest BCUT2D eigenvalue weighted by Crippen LogP contribution is 2.04. The van der Waals surface area contributed by atoms with Crippen molar-refractivity contribution in [1.29, 1.82) is 0 Å². The number of amides is 1. The Hall–Kier alpha value is -1.49. The first-order chi connectivity index (χ1) is 6.75. The van der Waals surface area contributed by atoms with E-state index < -0.39 is 0 Å². The van der Waals surface area contributed by atoms with Crippen LogP contribution in [-0.2, 0) is 0 Å². The molecule has 1 aliphatic rings. The molecule has 0 aliphatic carbocycles. The second-order valence-electron chi connectivity index (χ2n) is 3.49. The molecule has 0 spiro atoms. The van der Waals surface area contributed by atoms with Gasteiger partial charge < -0.3 is 10.2 Å². The summed E-state index contributed by atoms with van der Waals surface area (Å²) in [5.41, 5.74) is 0.426. The van der Waals surface area contributed by atoms with Crippen LogP contribution in [0.1, 0.15) is 10.5 Å². The lowest BCUT2D eigenvalue weighted by molar-refractivity contribution is 0.0852. The maximum absolute atomic E-state index is 11.5. The summed E-state index contributed by atoms with van der Waals surface area (Å²) >= 11 is 0. The molecule has 5 heteroatoms. The summed E-state index contributed by atoms with van der Waals surface area (Å²) < 4.78 is 0. The van der Waals surface area contributed by atoms with Crippen molar-refractivity contribution in [2.45, 2.75) is 6.04 Å². The van der Waals surface area contributed by atoms with Crippen LogP contribution in [0.5, 0.6) is 0 Å². The lowest BCUT2D eigenvalue weighted by Gasteiger charge is -2.36. The Morgan fingerprint density at radius 3 is 3.00 bits per heavy atom. The van der Waals surface area contributed by atoms with Crippen molar-refractivity contribution in [2.24, 2.45) is 0 Å². The number of hydrogen-bond acceptors (Lipinski definition) is 4. The van der Waals surface area contributed by atoms with Crippen LogP contribution in [0.4, 0.5) is 0 Å². The molecule has 1 fully saturated rings. The van der Waals surface area contributed by atoms with Gasteiger partial charge in [0.1, 0.15) is 12.0 Å². The minimum Gasteiger partial charge on any atom is -0.345 e. The summed E-state index contributed by atoms with van der Waals surface area (Å²) in [5, 5.41) is 2.89. The van der Waals surface area contributed by atoms with E-state index in [0.29, 0.717) is 5.69 Å². The smallest absolute Gasteiger partial charge is 0.270 e. The lowest BCUT2D eigenvalue weighted by atomic mass is 10.1. The second-order valence-corrected chi connectivity index (χ2v) is 3.49. The monoisotopic (exact) mass is 192 g/mol. The van der Waals surface area contributed by atoms with Crippen LogP contribution >= 0.6 is 0 Å². The van der Waals surface area contributed by atoms with E-state index in [0.717, 1.165) is 13.1 Å². The van der Waals surface area contributed by atoms with Crippen LogP contribution in [0.15, 0.2) is 18.6 Å². The Balaban J connectivity index is 1.90. The largest absolute Gasteiger partial charge is 0.345 e. The molecule has 1 aliphatic heterocycles. The maximum Gasteiger partial charge on any atom is 0.270 e. The molecule has 1 aromatic heterocycles. The molecule has 0 bridgehead atoms. The number of likely N-dealkylation sites (N-methyl/N-ethyl adjacent to an activating group) is 1. The number of carbonyl (C=O) groups excluding carboxylic acids is 1. The molecule has 1 saturated heterocycles. The predicted octanol–water partition coefficient (Wildman–Crippen LogP) is -0.480. The Kier molecular flexibility index (Phi) is 2.41. The summed E-state index contributed by atoms with van der Waals surface area (Å²) in [5.74, 6) is -0.120. The van der Waals surface area contributed by atoms with E-state index in [1.54, 1.807) is 12.3 Å². The summed E-state index contributed by atoms with van der Waals surface area (Å²) in [4.78, 5) is 21.3. The fraction of sp³-hybridized carbons (Fsp3) is 0.444. The normalized spacial score (nSPS) is 17.5. The van der Waals surface area contributed by atoms with Crippen molar-refractivity contribution in [3.63, 3.8) is 0 Å². The van der Waals surface area contributed by atoms with Gasteiger partial charge in [-0.05, 0) is 13.1 Å². The van der Waals surface area contributed by atoms with Crippen molar-refractivity contribution in [1.82, 2.24) is 20.2 Å². The quantitative estimate of drug-likeness (QED) is 0.687. The third-order valence-corrected chi connectivity index (χ3v) is 2.21. The van der Waals surface area contributed by atoms with E-state index in [1.165, 1.54) is 6.33 Å². The zero-order chi connectivity index (χ0) is 9.97. The van der Waals surface area contributed by atoms with Gasteiger partial charge in [-0.25, -0.2) is 9.97 Å². The van der Waals surface area contributed by atoms with Gasteiger partial charge in [0.2, 0.25) is 0 Å². The molecule has 5 nitrogen and oxygen atoms in total. The first-order valence-electron chi connectivity index (χ1n) is 4.51. The van der Waals surface area contributed by atoms with Gasteiger partial charge in [-0.15, -0.1) is 0 Å². The number of nitrogens with one attached hydrogen (secondary N) is 1. The Morgan fingerprint density at radius 2 is 2.43 bits per heavy atom. The lowest BCUT2D eigenvalue weighted by Crippen LogP contribution is -2.57. The van der Waals surface area contributed by atoms with Gasteiger partial charge in [0.25, 0.3) is 5.91 Å². The summed E-state index contributed by atoms with van der Waals surface area (Å²) in [6, 6.07) is 1.88. The molecule has 0 aromatic carbocycles. The number of rotatable bonds is 2. The van der Waals surface area contributed by atoms with E-state index in [-0.39, 0.29) is 11.9 Å².